The summed E-state index contributed by atoms with van der Waals surface area (Å²) in [6.07, 6.45) is 0. The van der Waals surface area contributed by atoms with Crippen molar-refractivity contribution in [2.75, 3.05) is 0 Å². The van der Waals surface area contributed by atoms with Gasteiger partial charge in [-0.05, 0) is 71.8 Å². The van der Waals surface area contributed by atoms with Crippen LogP contribution in [-0.4, -0.2) is 24.1 Å². The van der Waals surface area contributed by atoms with Gasteiger partial charge < -0.3 is 9.13 Å². The van der Waals surface area contributed by atoms with E-state index in [2.05, 4.69) is 118 Å². The Balaban J connectivity index is 1.07. The minimum absolute atomic E-state index is 0.318. The molecule has 7 heteroatoms. The van der Waals surface area contributed by atoms with Crippen molar-refractivity contribution in [3.63, 3.8) is 0 Å². The van der Waals surface area contributed by atoms with Crippen LogP contribution >= 0.6 is 0 Å². The number of benzene rings is 8. The Morgan fingerprint density at radius 2 is 0.800 bits per heavy atom. The predicted octanol–water partition coefficient (Wildman–Crippen LogP) is 12.5. The lowest BCUT2D eigenvalue weighted by molar-refractivity contribution is 1.07. The molecule has 0 atom stereocenters. The first kappa shape index (κ1) is 34.6. The smallest absolute Gasteiger partial charge is 0.165 e. The highest BCUT2D eigenvalue weighted by Crippen LogP contribution is 2.40. The average molecular weight is 766 g/mol. The van der Waals surface area contributed by atoms with E-state index < -0.39 is 0 Å². The molecule has 3 heterocycles. The highest BCUT2D eigenvalue weighted by molar-refractivity contribution is 6.13. The third kappa shape index (κ3) is 5.61. The van der Waals surface area contributed by atoms with E-state index in [4.69, 9.17) is 15.0 Å². The van der Waals surface area contributed by atoms with Crippen LogP contribution in [0.4, 0.5) is 0 Å². The van der Waals surface area contributed by atoms with Gasteiger partial charge in [0.05, 0.1) is 45.0 Å². The number of nitrogens with zero attached hydrogens (tertiary/aromatic N) is 7. The van der Waals surface area contributed by atoms with Crippen molar-refractivity contribution < 1.29 is 0 Å². The fourth-order valence-electron chi connectivity index (χ4n) is 8.49. The van der Waals surface area contributed by atoms with E-state index in [0.717, 1.165) is 60.8 Å². The molecule has 278 valence electrons. The molecule has 0 saturated carbocycles. The second-order valence-corrected chi connectivity index (χ2v) is 14.7. The molecular weight excluding hydrogens is 735 g/mol. The number of aromatic nitrogens is 5. The molecule has 11 aromatic rings. The molecule has 3 aromatic heterocycles. The van der Waals surface area contributed by atoms with Crippen molar-refractivity contribution in [3.05, 3.63) is 199 Å². The first-order valence-electron chi connectivity index (χ1n) is 19.6. The van der Waals surface area contributed by atoms with Gasteiger partial charge in [0.25, 0.3) is 0 Å². The number of rotatable bonds is 6. The van der Waals surface area contributed by atoms with Gasteiger partial charge in [0, 0.05) is 43.9 Å². The van der Waals surface area contributed by atoms with Gasteiger partial charge in [0.1, 0.15) is 6.07 Å². The highest BCUT2D eigenvalue weighted by Gasteiger charge is 2.22. The fourth-order valence-corrected chi connectivity index (χ4v) is 8.49. The maximum absolute atomic E-state index is 10.8. The maximum atomic E-state index is 10.8. The molecule has 0 aliphatic carbocycles. The topological polar surface area (TPSA) is 96.1 Å². The van der Waals surface area contributed by atoms with Crippen LogP contribution in [0.1, 0.15) is 11.1 Å². The van der Waals surface area contributed by atoms with Gasteiger partial charge in [0.2, 0.25) is 0 Å². The molecule has 60 heavy (non-hydrogen) atoms. The van der Waals surface area contributed by atoms with E-state index in [1.165, 1.54) is 10.8 Å². The molecule has 0 amide bonds. The van der Waals surface area contributed by atoms with Crippen LogP contribution in [-0.2, 0) is 0 Å². The second-order valence-electron chi connectivity index (χ2n) is 14.7. The summed E-state index contributed by atoms with van der Waals surface area (Å²) in [6.45, 7) is 0. The number of para-hydroxylation sites is 3. The summed E-state index contributed by atoms with van der Waals surface area (Å²) < 4.78 is 4.41. The largest absolute Gasteiger partial charge is 0.309 e. The van der Waals surface area contributed by atoms with Gasteiger partial charge in [-0.1, -0.05) is 127 Å². The predicted molar refractivity (Wildman–Crippen MR) is 240 cm³/mol. The SMILES string of the molecule is N#Cc1cc(-n2c3ccccc3c3cc(-c4ccc5c(c4)c4ccccc4n5-c4ccccc4)ccc32)c(C#N)cc1-c1nc(-c2ccccc2)nc(-c2ccccc2)n1. The summed E-state index contributed by atoms with van der Waals surface area (Å²) in [7, 11) is 0. The molecule has 0 aliphatic rings. The van der Waals surface area contributed by atoms with Crippen LogP contribution in [0.5, 0.6) is 0 Å². The molecule has 7 nitrogen and oxygen atoms in total. The molecular formula is C53H31N7. The van der Waals surface area contributed by atoms with Crippen molar-refractivity contribution in [3.8, 4) is 68.8 Å². The third-order valence-corrected chi connectivity index (χ3v) is 11.3. The average Bonchev–Trinajstić information content (AvgIpc) is 3.84. The molecule has 8 aromatic carbocycles. The van der Waals surface area contributed by atoms with Gasteiger partial charge in [-0.25, -0.2) is 15.0 Å². The molecule has 0 aliphatic heterocycles. The summed E-state index contributed by atoms with van der Waals surface area (Å²) in [6, 6.07) is 68.2. The summed E-state index contributed by atoms with van der Waals surface area (Å²) in [5, 5.41) is 26.0. The zero-order valence-corrected chi connectivity index (χ0v) is 32.0. The molecule has 0 saturated heterocycles. The Morgan fingerprint density at radius 3 is 1.35 bits per heavy atom. The van der Waals surface area contributed by atoms with Crippen molar-refractivity contribution in [2.24, 2.45) is 0 Å². The lowest BCUT2D eigenvalue weighted by atomic mass is 10.0. The first-order chi connectivity index (χ1) is 29.7. The Morgan fingerprint density at radius 1 is 0.350 bits per heavy atom. The monoisotopic (exact) mass is 765 g/mol. The Bertz CT molecular complexity index is 3500. The fraction of sp³-hybridized carbons (Fsp3) is 0. The minimum Gasteiger partial charge on any atom is -0.309 e. The maximum Gasteiger partial charge on any atom is 0.165 e. The van der Waals surface area contributed by atoms with Crippen LogP contribution in [0.15, 0.2) is 188 Å². The number of nitriles is 2. The van der Waals surface area contributed by atoms with E-state index in [1.54, 1.807) is 12.1 Å². The van der Waals surface area contributed by atoms with Gasteiger partial charge >= 0.3 is 0 Å². The molecule has 0 fully saturated rings. The highest BCUT2D eigenvalue weighted by atomic mass is 15.0. The summed E-state index contributed by atoms with van der Waals surface area (Å²) in [4.78, 5) is 14.6. The van der Waals surface area contributed by atoms with Crippen molar-refractivity contribution in [2.45, 2.75) is 0 Å². The molecule has 0 unspecified atom stereocenters. The van der Waals surface area contributed by atoms with Gasteiger partial charge in [-0.3, -0.25) is 0 Å². The van der Waals surface area contributed by atoms with E-state index in [-0.39, 0.29) is 0 Å². The Hall–Kier alpha value is -8.65. The number of hydrogen-bond donors (Lipinski definition) is 0. The Kier molecular flexibility index (Phi) is 8.11. The van der Waals surface area contributed by atoms with Gasteiger partial charge in [0.15, 0.2) is 17.5 Å². The summed E-state index contributed by atoms with van der Waals surface area (Å²) in [5.74, 6) is 1.27. The van der Waals surface area contributed by atoms with Crippen molar-refractivity contribution in [1.82, 2.24) is 24.1 Å². The van der Waals surface area contributed by atoms with Crippen LogP contribution < -0.4 is 0 Å². The summed E-state index contributed by atoms with van der Waals surface area (Å²) >= 11 is 0. The lowest BCUT2D eigenvalue weighted by Gasteiger charge is -2.14. The van der Waals surface area contributed by atoms with Crippen LogP contribution in [0.3, 0.4) is 0 Å². The van der Waals surface area contributed by atoms with Gasteiger partial charge in [-0.15, -0.1) is 0 Å². The Labute approximate surface area is 345 Å². The molecule has 0 spiro atoms. The van der Waals surface area contributed by atoms with E-state index in [0.29, 0.717) is 39.9 Å². The summed E-state index contributed by atoms with van der Waals surface area (Å²) in [5.41, 5.74) is 10.9. The molecule has 11 rings (SSSR count). The van der Waals surface area contributed by atoms with Crippen molar-refractivity contribution in [1.29, 1.82) is 10.5 Å². The van der Waals surface area contributed by atoms with E-state index in [1.807, 2.05) is 78.9 Å². The normalized spacial score (nSPS) is 11.3. The lowest BCUT2D eigenvalue weighted by Crippen LogP contribution is -2.04. The number of fused-ring (bicyclic) bond motifs is 6. The van der Waals surface area contributed by atoms with Crippen molar-refractivity contribution >= 4 is 43.6 Å². The van der Waals surface area contributed by atoms with Gasteiger partial charge in [-0.2, -0.15) is 10.5 Å². The quantitative estimate of drug-likeness (QED) is 0.168. The molecule has 0 bridgehead atoms. The van der Waals surface area contributed by atoms with E-state index in [9.17, 15) is 10.5 Å². The molecule has 0 radical (unpaired) electrons. The zero-order chi connectivity index (χ0) is 40.2. The van der Waals surface area contributed by atoms with Crippen LogP contribution in [0, 0.1) is 22.7 Å². The minimum atomic E-state index is 0.318. The number of hydrogen-bond acceptors (Lipinski definition) is 5. The zero-order valence-electron chi connectivity index (χ0n) is 32.0. The molecule has 0 N–H and O–H groups in total. The van der Waals surface area contributed by atoms with Crippen LogP contribution in [0.2, 0.25) is 0 Å². The van der Waals surface area contributed by atoms with E-state index >= 15 is 0 Å². The first-order valence-corrected chi connectivity index (χ1v) is 19.6. The second kappa shape index (κ2) is 14.1. The van der Waals surface area contributed by atoms with Crippen LogP contribution in [0.25, 0.3) is 100 Å². The standard InChI is InChI=1S/C53H31N7/c54-32-38-31-50(39(33-55)30-43(38)53-57-51(34-14-4-1-5-15-34)56-52(58-53)35-16-6-2-7-17-35)60-47-23-13-11-21-42(47)45-29-37(25-27-49(45)60)36-24-26-48-44(28-36)41-20-10-12-22-46(41)59(48)40-18-8-3-9-19-40/h1-31H. The third-order valence-electron chi connectivity index (χ3n) is 11.3.